The summed E-state index contributed by atoms with van der Waals surface area (Å²) in [7, 11) is 3.02. The van der Waals surface area contributed by atoms with Crippen LogP contribution < -0.4 is 0 Å². The number of carbonyl (C=O) groups excluding carboxylic acids is 2. The van der Waals surface area contributed by atoms with Crippen molar-refractivity contribution in [3.05, 3.63) is 45.5 Å². The highest BCUT2D eigenvalue weighted by Gasteiger charge is 2.53. The van der Waals surface area contributed by atoms with Gasteiger partial charge in [-0.2, -0.15) is 0 Å². The maximum Gasteiger partial charge on any atom is 0.233 e. The molecule has 1 aliphatic carbocycles. The van der Waals surface area contributed by atoms with E-state index in [-0.39, 0.29) is 30.8 Å². The second kappa shape index (κ2) is 11.5. The third-order valence-corrected chi connectivity index (χ3v) is 7.26. The maximum absolute atomic E-state index is 12.8. The van der Waals surface area contributed by atoms with Crippen LogP contribution in [-0.2, 0) is 14.3 Å². The Morgan fingerprint density at radius 2 is 2.03 bits per heavy atom. The van der Waals surface area contributed by atoms with E-state index in [0.29, 0.717) is 29.9 Å². The smallest absolute Gasteiger partial charge is 0.233 e. The summed E-state index contributed by atoms with van der Waals surface area (Å²) in [6.45, 7) is 1.98. The minimum atomic E-state index is -0.882. The molecule has 8 heteroatoms. The van der Waals surface area contributed by atoms with Crippen molar-refractivity contribution in [2.75, 3.05) is 27.4 Å². The molecule has 4 atom stereocenters. The van der Waals surface area contributed by atoms with E-state index in [1.54, 1.807) is 19.2 Å². The zero-order chi connectivity index (χ0) is 25.0. The number of imide groups is 1. The van der Waals surface area contributed by atoms with Crippen molar-refractivity contribution < 1.29 is 29.6 Å². The minimum Gasteiger partial charge on any atom is -0.508 e. The minimum absolute atomic E-state index is 0.100. The van der Waals surface area contributed by atoms with Gasteiger partial charge in [-0.05, 0) is 60.6 Å². The molecule has 0 unspecified atom stereocenters. The Morgan fingerprint density at radius 1 is 1.29 bits per heavy atom. The molecule has 1 heterocycles. The molecule has 1 aromatic rings. The van der Waals surface area contributed by atoms with Crippen molar-refractivity contribution in [3.8, 4) is 5.75 Å². The quantitative estimate of drug-likeness (QED) is 0.341. The average molecular weight is 492 g/mol. The van der Waals surface area contributed by atoms with Crippen molar-refractivity contribution in [2.24, 2.45) is 17.8 Å². The number of aromatic hydroxyl groups is 1. The second-order valence-electron chi connectivity index (χ2n) is 9.17. The van der Waals surface area contributed by atoms with Crippen LogP contribution in [0.1, 0.15) is 44.6 Å². The van der Waals surface area contributed by atoms with E-state index >= 15 is 0 Å². The van der Waals surface area contributed by atoms with Crippen LogP contribution >= 0.6 is 11.6 Å². The van der Waals surface area contributed by atoms with Crippen LogP contribution in [0.4, 0.5) is 0 Å². The number of phenolic OH excluding ortho intramolecular Hbond substituents is 1. The fraction of sp³-hybridized carbons (Fsp3) is 0.538. The maximum atomic E-state index is 12.8. The molecule has 0 spiro atoms. The average Bonchev–Trinajstić information content (AvgIpc) is 3.02. The number of aliphatic hydroxyl groups is 2. The van der Waals surface area contributed by atoms with E-state index in [9.17, 15) is 24.9 Å². The fourth-order valence-corrected chi connectivity index (χ4v) is 5.57. The Kier molecular flexibility index (Phi) is 8.93. The number of allylic oxidation sites excluding steroid dienone is 1. The van der Waals surface area contributed by atoms with Crippen molar-refractivity contribution >= 4 is 29.5 Å². The summed E-state index contributed by atoms with van der Waals surface area (Å²) in [4.78, 5) is 26.5. The van der Waals surface area contributed by atoms with Crippen molar-refractivity contribution in [1.82, 2.24) is 4.90 Å². The van der Waals surface area contributed by atoms with Crippen LogP contribution in [0.2, 0.25) is 5.02 Å². The molecule has 2 aliphatic rings. The highest BCUT2D eigenvalue weighted by atomic mass is 35.5. The van der Waals surface area contributed by atoms with E-state index in [4.69, 9.17) is 16.3 Å². The highest BCUT2D eigenvalue weighted by molar-refractivity contribution is 6.32. The molecule has 3 rings (SSSR count). The Balaban J connectivity index is 1.86. The molecule has 0 aromatic heterocycles. The van der Waals surface area contributed by atoms with Crippen LogP contribution in [0.3, 0.4) is 0 Å². The Hall–Kier alpha value is -2.19. The van der Waals surface area contributed by atoms with Crippen LogP contribution in [0, 0.1) is 17.8 Å². The lowest BCUT2D eigenvalue weighted by molar-refractivity contribution is -0.138. The highest BCUT2D eigenvalue weighted by Crippen LogP contribution is 2.46. The van der Waals surface area contributed by atoms with Crippen molar-refractivity contribution in [1.29, 1.82) is 0 Å². The predicted octanol–water partition coefficient (Wildman–Crippen LogP) is 3.56. The number of phenols is 1. The summed E-state index contributed by atoms with van der Waals surface area (Å²) in [5, 5.41) is 31.5. The molecular formula is C26H34ClNO6. The standard InChI is InChI=1S/C26H34ClNO6/c1-4-5-15(10-16-7-8-18(30)12-21(16)27)6-9-22(31)23-17(14-34-3)11-19-24(20(23)13-29)26(33)28(2)25(19)32/h7-8,10,12,19-20,22,24,29-31H,4-6,9,11,13-14H2,1-3H3/b15-10+/t19-,20+,22-,24-/m1/s1. The van der Waals surface area contributed by atoms with E-state index in [1.165, 1.54) is 13.1 Å². The largest absolute Gasteiger partial charge is 0.508 e. The zero-order valence-electron chi connectivity index (χ0n) is 20.0. The molecule has 7 nitrogen and oxygen atoms in total. The number of hydrogen-bond donors (Lipinski definition) is 3. The van der Waals surface area contributed by atoms with E-state index in [2.05, 4.69) is 6.92 Å². The molecule has 1 fully saturated rings. The summed E-state index contributed by atoms with van der Waals surface area (Å²) in [6, 6.07) is 4.83. The van der Waals surface area contributed by atoms with Crippen LogP contribution in [0.5, 0.6) is 5.75 Å². The number of ether oxygens (including phenoxy) is 1. The van der Waals surface area contributed by atoms with E-state index in [0.717, 1.165) is 34.5 Å². The van der Waals surface area contributed by atoms with Gasteiger partial charge >= 0.3 is 0 Å². The number of amides is 2. The lowest BCUT2D eigenvalue weighted by Crippen LogP contribution is -2.39. The van der Waals surface area contributed by atoms with Gasteiger partial charge in [-0.25, -0.2) is 0 Å². The molecule has 0 saturated carbocycles. The number of hydrogen-bond acceptors (Lipinski definition) is 6. The SMILES string of the molecule is CCC/C(=C\c1ccc(O)cc1Cl)CC[C@@H](O)C1=C(COC)C[C@H]2C(=O)N(C)C(=O)[C@H]2[C@H]1CO. The summed E-state index contributed by atoms with van der Waals surface area (Å²) < 4.78 is 5.35. The monoisotopic (exact) mass is 491 g/mol. The van der Waals surface area contributed by atoms with Crippen LogP contribution in [0.25, 0.3) is 6.08 Å². The third-order valence-electron chi connectivity index (χ3n) is 6.93. The first kappa shape index (κ1) is 26.4. The van der Waals surface area contributed by atoms with Crippen LogP contribution in [0.15, 0.2) is 34.9 Å². The Bertz CT molecular complexity index is 988. The molecule has 0 bridgehead atoms. The number of nitrogens with zero attached hydrogens (tertiary/aromatic N) is 1. The molecule has 3 N–H and O–H groups in total. The molecule has 1 aromatic carbocycles. The summed E-state index contributed by atoms with van der Waals surface area (Å²) in [5.41, 5.74) is 3.31. The van der Waals surface area contributed by atoms with Gasteiger partial charge in [-0.1, -0.05) is 36.6 Å². The molecule has 186 valence electrons. The first-order valence-corrected chi connectivity index (χ1v) is 12.1. The predicted molar refractivity (Wildman–Crippen MR) is 130 cm³/mol. The van der Waals surface area contributed by atoms with Gasteiger partial charge in [0.15, 0.2) is 0 Å². The molecule has 34 heavy (non-hydrogen) atoms. The summed E-state index contributed by atoms with van der Waals surface area (Å²) >= 11 is 6.27. The summed E-state index contributed by atoms with van der Waals surface area (Å²) in [6.07, 6.45) is 4.17. The first-order chi connectivity index (χ1) is 16.2. The number of rotatable bonds is 10. The number of aliphatic hydroxyl groups excluding tert-OH is 2. The number of benzene rings is 1. The number of halogens is 1. The number of methoxy groups -OCH3 is 1. The van der Waals surface area contributed by atoms with Gasteiger partial charge in [-0.15, -0.1) is 0 Å². The lowest BCUT2D eigenvalue weighted by Gasteiger charge is -2.36. The third kappa shape index (κ3) is 5.38. The fourth-order valence-electron chi connectivity index (χ4n) is 5.34. The first-order valence-electron chi connectivity index (χ1n) is 11.7. The van der Waals surface area contributed by atoms with E-state index in [1.807, 2.05) is 6.08 Å². The summed E-state index contributed by atoms with van der Waals surface area (Å²) in [5.74, 6) is -2.25. The molecule has 1 saturated heterocycles. The molecule has 2 amide bonds. The van der Waals surface area contributed by atoms with Gasteiger partial charge < -0.3 is 20.1 Å². The number of likely N-dealkylation sites (tertiary alicyclic amines) is 1. The lowest BCUT2D eigenvalue weighted by atomic mass is 9.68. The van der Waals surface area contributed by atoms with Crippen molar-refractivity contribution in [3.63, 3.8) is 0 Å². The van der Waals surface area contributed by atoms with Gasteiger partial charge in [0.1, 0.15) is 5.75 Å². The van der Waals surface area contributed by atoms with Crippen LogP contribution in [-0.4, -0.2) is 65.5 Å². The molecule has 1 aliphatic heterocycles. The number of carbonyl (C=O) groups is 2. The molecular weight excluding hydrogens is 458 g/mol. The van der Waals surface area contributed by atoms with Gasteiger partial charge in [0.2, 0.25) is 11.8 Å². The van der Waals surface area contributed by atoms with Gasteiger partial charge in [0, 0.05) is 20.1 Å². The second-order valence-corrected chi connectivity index (χ2v) is 9.57. The Labute approximate surface area is 205 Å². The number of fused-ring (bicyclic) bond motifs is 1. The van der Waals surface area contributed by atoms with Gasteiger partial charge in [-0.3, -0.25) is 14.5 Å². The molecule has 0 radical (unpaired) electrons. The Morgan fingerprint density at radius 3 is 2.65 bits per heavy atom. The zero-order valence-corrected chi connectivity index (χ0v) is 20.7. The van der Waals surface area contributed by atoms with E-state index < -0.39 is 23.9 Å². The van der Waals surface area contributed by atoms with Crippen molar-refractivity contribution in [2.45, 2.75) is 45.1 Å². The topological polar surface area (TPSA) is 107 Å². The van der Waals surface area contributed by atoms with Gasteiger partial charge in [0.25, 0.3) is 0 Å². The normalized spacial score (nSPS) is 24.1. The van der Waals surface area contributed by atoms with Gasteiger partial charge in [0.05, 0.1) is 36.2 Å².